The third-order valence-corrected chi connectivity index (χ3v) is 6.24. The third kappa shape index (κ3) is 4.17. The van der Waals surface area contributed by atoms with Crippen molar-refractivity contribution >= 4 is 51.3 Å². The van der Waals surface area contributed by atoms with Crippen molar-refractivity contribution in [1.82, 2.24) is 9.97 Å². The number of fused-ring (bicyclic) bond motifs is 2. The lowest BCUT2D eigenvalue weighted by Gasteiger charge is -2.29. The molecule has 0 unspecified atom stereocenters. The molecule has 0 fully saturated rings. The van der Waals surface area contributed by atoms with Crippen molar-refractivity contribution in [3.05, 3.63) is 65.7 Å². The molecule has 2 amide bonds. The number of hydrogen-bond donors (Lipinski definition) is 4. The first-order valence-corrected chi connectivity index (χ1v) is 11.4. The van der Waals surface area contributed by atoms with Crippen molar-refractivity contribution in [3.63, 3.8) is 0 Å². The minimum Gasteiger partial charge on any atom is -0.495 e. The van der Waals surface area contributed by atoms with Crippen LogP contribution in [0.1, 0.15) is 29.3 Å². The maximum absolute atomic E-state index is 14.2. The maximum atomic E-state index is 14.2. The number of nitrogens with zero attached hydrogens (tertiary/aromatic N) is 2. The highest BCUT2D eigenvalue weighted by atomic mass is 19.1. The molecule has 0 aliphatic carbocycles. The number of hydrogen-bond acceptors (Lipinski definition) is 6. The number of pyridine rings is 1. The molecule has 0 saturated heterocycles. The molecule has 3 heterocycles. The minimum absolute atomic E-state index is 0.00727. The fraction of sp³-hybridized carbons (Fsp3) is 0.192. The molecular weight excluding hydrogens is 463 g/mol. The Morgan fingerprint density at radius 3 is 2.72 bits per heavy atom. The van der Waals surface area contributed by atoms with E-state index < -0.39 is 11.7 Å². The lowest BCUT2D eigenvalue weighted by Crippen LogP contribution is -2.33. The van der Waals surface area contributed by atoms with Crippen molar-refractivity contribution in [2.24, 2.45) is 5.73 Å². The molecule has 5 rings (SSSR count). The van der Waals surface area contributed by atoms with Crippen LogP contribution >= 0.6 is 0 Å². The number of aromatic amines is 1. The standard InChI is InChI=1S/C26H25FN6O3/c1-14(34)33-8-4-5-15-9-23(36-2)19(11-22(15)33)31-24-10-16-20(12-29-13-21(16)32-24)30-18-7-3-6-17(27)25(18)26(28)35/h3,6-7,9-13,30-32H,4-5,8H2,1-2H3,(H2,28,35). The fourth-order valence-electron chi connectivity index (χ4n) is 4.59. The Bertz CT molecular complexity index is 1500. The summed E-state index contributed by atoms with van der Waals surface area (Å²) in [6.07, 6.45) is 5.01. The highest BCUT2D eigenvalue weighted by molar-refractivity contribution is 6.02. The van der Waals surface area contributed by atoms with Gasteiger partial charge < -0.3 is 31.0 Å². The first-order valence-electron chi connectivity index (χ1n) is 11.4. The highest BCUT2D eigenvalue weighted by Gasteiger charge is 2.23. The monoisotopic (exact) mass is 488 g/mol. The van der Waals surface area contributed by atoms with Gasteiger partial charge in [-0.15, -0.1) is 0 Å². The SMILES string of the molecule is COc1cc2c(cc1Nc1cc3c(Nc4cccc(F)c4C(N)=O)cncc3[nH]1)N(C(C)=O)CCC2. The second-order valence-corrected chi connectivity index (χ2v) is 8.56. The number of aromatic nitrogens is 2. The number of ether oxygens (including phenoxy) is 1. The van der Waals surface area contributed by atoms with E-state index >= 15 is 0 Å². The number of nitrogens with two attached hydrogens (primary N) is 1. The average molecular weight is 489 g/mol. The summed E-state index contributed by atoms with van der Waals surface area (Å²) < 4.78 is 19.8. The summed E-state index contributed by atoms with van der Waals surface area (Å²) in [4.78, 5) is 33.3. The van der Waals surface area contributed by atoms with Crippen LogP contribution in [0, 0.1) is 5.82 Å². The van der Waals surface area contributed by atoms with E-state index in [1.807, 2.05) is 18.2 Å². The van der Waals surface area contributed by atoms with Gasteiger partial charge in [0, 0.05) is 24.5 Å². The van der Waals surface area contributed by atoms with Crippen LogP contribution in [0.4, 0.5) is 33.0 Å². The van der Waals surface area contributed by atoms with E-state index in [0.29, 0.717) is 35.0 Å². The predicted molar refractivity (Wildman–Crippen MR) is 137 cm³/mol. The van der Waals surface area contributed by atoms with Crippen LogP contribution < -0.4 is 26.0 Å². The van der Waals surface area contributed by atoms with Crippen molar-refractivity contribution in [2.45, 2.75) is 19.8 Å². The molecule has 0 bridgehead atoms. The number of H-pyrrole nitrogens is 1. The maximum Gasteiger partial charge on any atom is 0.253 e. The van der Waals surface area contributed by atoms with Crippen molar-refractivity contribution in [2.75, 3.05) is 29.2 Å². The number of aryl methyl sites for hydroxylation is 1. The van der Waals surface area contributed by atoms with Crippen LogP contribution in [0.5, 0.6) is 5.75 Å². The predicted octanol–water partition coefficient (Wildman–Crippen LogP) is 4.60. The summed E-state index contributed by atoms with van der Waals surface area (Å²) in [6, 6.07) is 10.00. The Morgan fingerprint density at radius 2 is 1.97 bits per heavy atom. The number of halogens is 1. The Balaban J connectivity index is 1.51. The van der Waals surface area contributed by atoms with E-state index in [1.165, 1.54) is 12.1 Å². The molecule has 1 aliphatic rings. The van der Waals surface area contributed by atoms with E-state index in [-0.39, 0.29) is 17.2 Å². The topological polar surface area (TPSA) is 125 Å². The number of nitrogens with one attached hydrogen (secondary N) is 3. The van der Waals surface area contributed by atoms with Gasteiger partial charge in [0.1, 0.15) is 17.4 Å². The zero-order chi connectivity index (χ0) is 25.4. The summed E-state index contributed by atoms with van der Waals surface area (Å²) >= 11 is 0. The van der Waals surface area contributed by atoms with Gasteiger partial charge in [-0.1, -0.05) is 6.07 Å². The van der Waals surface area contributed by atoms with Gasteiger partial charge in [-0.25, -0.2) is 4.39 Å². The second kappa shape index (κ2) is 9.21. The van der Waals surface area contributed by atoms with Gasteiger partial charge in [-0.3, -0.25) is 14.6 Å². The Kier molecular flexibility index (Phi) is 5.93. The van der Waals surface area contributed by atoms with E-state index in [1.54, 1.807) is 37.4 Å². The zero-order valence-corrected chi connectivity index (χ0v) is 19.8. The number of methoxy groups -OCH3 is 1. The summed E-state index contributed by atoms with van der Waals surface area (Å²) in [5, 5.41) is 7.18. The molecule has 2 aromatic carbocycles. The van der Waals surface area contributed by atoms with E-state index in [4.69, 9.17) is 10.5 Å². The number of rotatable bonds is 6. The Labute approximate surface area is 206 Å². The molecule has 2 aromatic heterocycles. The van der Waals surface area contributed by atoms with Crippen LogP contribution in [0.25, 0.3) is 10.9 Å². The van der Waals surface area contributed by atoms with Crippen molar-refractivity contribution in [3.8, 4) is 5.75 Å². The van der Waals surface area contributed by atoms with E-state index in [0.717, 1.165) is 29.5 Å². The molecule has 0 radical (unpaired) electrons. The van der Waals surface area contributed by atoms with Crippen LogP contribution in [-0.2, 0) is 11.2 Å². The van der Waals surface area contributed by atoms with Crippen LogP contribution in [0.3, 0.4) is 0 Å². The summed E-state index contributed by atoms with van der Waals surface area (Å²) in [5.41, 5.74) is 9.30. The van der Waals surface area contributed by atoms with Gasteiger partial charge in [0.05, 0.1) is 47.6 Å². The molecule has 0 saturated carbocycles. The lowest BCUT2D eigenvalue weighted by atomic mass is 10.0. The van der Waals surface area contributed by atoms with Gasteiger partial charge in [0.2, 0.25) is 5.91 Å². The molecular formula is C26H25FN6O3. The number of benzene rings is 2. The van der Waals surface area contributed by atoms with Crippen LogP contribution in [0.15, 0.2) is 48.8 Å². The first kappa shape index (κ1) is 23.2. The summed E-state index contributed by atoms with van der Waals surface area (Å²) in [5.74, 6) is -0.277. The van der Waals surface area contributed by atoms with Gasteiger partial charge in [0.25, 0.3) is 5.91 Å². The molecule has 5 N–H and O–H groups in total. The number of primary amides is 1. The van der Waals surface area contributed by atoms with Crippen molar-refractivity contribution in [1.29, 1.82) is 0 Å². The highest BCUT2D eigenvalue weighted by Crippen LogP contribution is 2.39. The molecule has 9 nitrogen and oxygen atoms in total. The molecule has 4 aromatic rings. The van der Waals surface area contributed by atoms with Gasteiger partial charge >= 0.3 is 0 Å². The largest absolute Gasteiger partial charge is 0.495 e. The lowest BCUT2D eigenvalue weighted by molar-refractivity contribution is -0.116. The number of anilines is 5. The fourth-order valence-corrected chi connectivity index (χ4v) is 4.59. The molecule has 184 valence electrons. The molecule has 10 heteroatoms. The second-order valence-electron chi connectivity index (χ2n) is 8.56. The van der Waals surface area contributed by atoms with Gasteiger partial charge in [0.15, 0.2) is 0 Å². The molecule has 36 heavy (non-hydrogen) atoms. The average Bonchev–Trinajstić information content (AvgIpc) is 3.26. The quantitative estimate of drug-likeness (QED) is 0.314. The number of carbonyl (C=O) groups excluding carboxylic acids is 2. The molecule has 1 aliphatic heterocycles. The summed E-state index contributed by atoms with van der Waals surface area (Å²) in [6.45, 7) is 2.24. The Morgan fingerprint density at radius 1 is 1.14 bits per heavy atom. The van der Waals surface area contributed by atoms with Crippen LogP contribution in [-0.4, -0.2) is 35.4 Å². The zero-order valence-electron chi connectivity index (χ0n) is 19.8. The van der Waals surface area contributed by atoms with E-state index in [2.05, 4.69) is 20.6 Å². The van der Waals surface area contributed by atoms with Gasteiger partial charge in [-0.05, 0) is 48.7 Å². The van der Waals surface area contributed by atoms with E-state index in [9.17, 15) is 14.0 Å². The summed E-state index contributed by atoms with van der Waals surface area (Å²) in [7, 11) is 1.60. The van der Waals surface area contributed by atoms with Gasteiger partial charge in [-0.2, -0.15) is 0 Å². The molecule has 0 atom stereocenters. The Hall–Kier alpha value is -4.60. The number of amides is 2. The first-order chi connectivity index (χ1) is 17.4. The van der Waals surface area contributed by atoms with Crippen LogP contribution in [0.2, 0.25) is 0 Å². The normalized spacial score (nSPS) is 12.8. The van der Waals surface area contributed by atoms with Crippen molar-refractivity contribution < 1.29 is 18.7 Å². The number of carbonyl (C=O) groups is 2. The molecule has 0 spiro atoms. The minimum atomic E-state index is -0.869. The smallest absolute Gasteiger partial charge is 0.253 e. The third-order valence-electron chi connectivity index (χ3n) is 6.24.